The van der Waals surface area contributed by atoms with Crippen LogP contribution in [-0.4, -0.2) is 38.0 Å². The lowest BCUT2D eigenvalue weighted by Gasteiger charge is -2.25. The molecule has 0 aliphatic carbocycles. The van der Waals surface area contributed by atoms with Gasteiger partial charge in [-0.1, -0.05) is 0 Å². The fraction of sp³-hybridized carbons (Fsp3) is 0.167. The van der Waals surface area contributed by atoms with Gasteiger partial charge in [0.05, 0.1) is 18.4 Å². The molecule has 152 valence electrons. The van der Waals surface area contributed by atoms with Crippen molar-refractivity contribution in [2.75, 3.05) is 20.9 Å². The smallest absolute Gasteiger partial charge is 0.343 e. The first-order valence-electron chi connectivity index (χ1n) is 9.55. The van der Waals surface area contributed by atoms with Gasteiger partial charge in [-0.3, -0.25) is 9.89 Å². The monoisotopic (exact) mass is 402 g/mol. The van der Waals surface area contributed by atoms with Crippen LogP contribution in [0.2, 0.25) is 0 Å². The highest BCUT2D eigenvalue weighted by molar-refractivity contribution is 5.91. The minimum Gasteiger partial charge on any atom is -0.497 e. The lowest BCUT2D eigenvalue weighted by molar-refractivity contribution is 0.0734. The number of benzene rings is 3. The highest BCUT2D eigenvalue weighted by Crippen LogP contribution is 2.28. The van der Waals surface area contributed by atoms with Gasteiger partial charge in [0.15, 0.2) is 0 Å². The quantitative estimate of drug-likeness (QED) is 0.359. The summed E-state index contributed by atoms with van der Waals surface area (Å²) < 4.78 is 16.2. The van der Waals surface area contributed by atoms with Crippen molar-refractivity contribution in [1.29, 1.82) is 0 Å². The molecule has 0 unspecified atom stereocenters. The second-order valence-electron chi connectivity index (χ2n) is 7.02. The number of nitrogens with zero attached hydrogens (tertiary/aromatic N) is 2. The van der Waals surface area contributed by atoms with Gasteiger partial charge >= 0.3 is 5.97 Å². The zero-order valence-corrected chi connectivity index (χ0v) is 16.9. The first-order chi connectivity index (χ1) is 14.6. The molecule has 1 heterocycles. The summed E-state index contributed by atoms with van der Waals surface area (Å²) >= 11 is 0. The lowest BCUT2D eigenvalue weighted by Crippen LogP contribution is -2.27. The number of ether oxygens (including phenoxy) is 3. The molecule has 0 spiro atoms. The highest BCUT2D eigenvalue weighted by Gasteiger charge is 2.14. The van der Waals surface area contributed by atoms with E-state index in [0.717, 1.165) is 29.1 Å². The number of carbonyl (C=O) groups excluding carboxylic acids is 1. The number of carbonyl (C=O) groups is 1. The molecule has 0 N–H and O–H groups in total. The van der Waals surface area contributed by atoms with Crippen LogP contribution in [0.5, 0.6) is 17.2 Å². The maximum absolute atomic E-state index is 12.2. The molecule has 30 heavy (non-hydrogen) atoms. The molecule has 0 bridgehead atoms. The summed E-state index contributed by atoms with van der Waals surface area (Å²) in [6.45, 7) is 1.44. The van der Waals surface area contributed by atoms with Gasteiger partial charge < -0.3 is 14.2 Å². The Morgan fingerprint density at radius 2 is 1.77 bits per heavy atom. The number of esters is 1. The summed E-state index contributed by atoms with van der Waals surface area (Å²) in [5.41, 5.74) is 3.36. The van der Waals surface area contributed by atoms with E-state index in [4.69, 9.17) is 14.2 Å². The number of methoxy groups -OCH3 is 1. The van der Waals surface area contributed by atoms with Gasteiger partial charge in [-0.25, -0.2) is 4.79 Å². The van der Waals surface area contributed by atoms with Crippen molar-refractivity contribution >= 4 is 17.9 Å². The molecule has 0 saturated heterocycles. The van der Waals surface area contributed by atoms with E-state index in [1.807, 2.05) is 37.4 Å². The topological polar surface area (TPSA) is 60.4 Å². The third-order valence-electron chi connectivity index (χ3n) is 4.70. The highest BCUT2D eigenvalue weighted by atomic mass is 16.5. The Bertz CT molecular complexity index is 1060. The predicted molar refractivity (Wildman–Crippen MR) is 115 cm³/mol. The van der Waals surface area contributed by atoms with Crippen molar-refractivity contribution in [1.82, 2.24) is 4.90 Å². The Labute approximate surface area is 175 Å². The van der Waals surface area contributed by atoms with Gasteiger partial charge in [0.25, 0.3) is 0 Å². The Balaban J connectivity index is 1.39. The molecule has 6 heteroatoms. The number of aliphatic imine (C=N–C) groups is 1. The van der Waals surface area contributed by atoms with Gasteiger partial charge in [-0.15, -0.1) is 0 Å². The van der Waals surface area contributed by atoms with E-state index < -0.39 is 5.97 Å². The van der Waals surface area contributed by atoms with Crippen LogP contribution in [0.3, 0.4) is 0 Å². The van der Waals surface area contributed by atoms with Crippen molar-refractivity contribution in [3.8, 4) is 17.2 Å². The number of hydrogen-bond donors (Lipinski definition) is 0. The van der Waals surface area contributed by atoms with Crippen LogP contribution < -0.4 is 14.2 Å². The molecule has 1 aliphatic rings. The summed E-state index contributed by atoms with van der Waals surface area (Å²) in [6, 6.07) is 19.9. The molecule has 0 aromatic heterocycles. The van der Waals surface area contributed by atoms with E-state index in [-0.39, 0.29) is 0 Å². The van der Waals surface area contributed by atoms with Crippen LogP contribution in [0.1, 0.15) is 21.5 Å². The molecular formula is C24H22N2O4. The summed E-state index contributed by atoms with van der Waals surface area (Å²) in [4.78, 5) is 18.9. The van der Waals surface area contributed by atoms with Crippen molar-refractivity contribution in [3.05, 3.63) is 83.4 Å². The molecule has 1 aliphatic heterocycles. The molecule has 0 saturated carbocycles. The Kier molecular flexibility index (Phi) is 5.77. The van der Waals surface area contributed by atoms with Crippen LogP contribution in [0.15, 0.2) is 71.7 Å². The van der Waals surface area contributed by atoms with Gasteiger partial charge in [0, 0.05) is 18.3 Å². The summed E-state index contributed by atoms with van der Waals surface area (Å²) in [6.07, 6.45) is 1.78. The summed E-state index contributed by atoms with van der Waals surface area (Å²) in [7, 11) is 3.60. The van der Waals surface area contributed by atoms with E-state index >= 15 is 0 Å². The Morgan fingerprint density at radius 1 is 1.03 bits per heavy atom. The van der Waals surface area contributed by atoms with E-state index in [9.17, 15) is 4.79 Å². The third kappa shape index (κ3) is 4.67. The maximum atomic E-state index is 12.2. The molecule has 3 aromatic rings. The average Bonchev–Trinajstić information content (AvgIpc) is 2.78. The lowest BCUT2D eigenvalue weighted by atomic mass is 10.1. The minimum atomic E-state index is -0.416. The molecule has 0 radical (unpaired) electrons. The van der Waals surface area contributed by atoms with Crippen molar-refractivity contribution in [2.24, 2.45) is 4.99 Å². The zero-order chi connectivity index (χ0) is 20.9. The second kappa shape index (κ2) is 8.80. The largest absolute Gasteiger partial charge is 0.497 e. The normalized spacial score (nSPS) is 13.5. The van der Waals surface area contributed by atoms with Gasteiger partial charge in [0.1, 0.15) is 24.0 Å². The molecular weight excluding hydrogens is 380 g/mol. The first kappa shape index (κ1) is 19.7. The fourth-order valence-corrected chi connectivity index (χ4v) is 3.09. The molecule has 4 rings (SSSR count). The van der Waals surface area contributed by atoms with Crippen molar-refractivity contribution < 1.29 is 19.0 Å². The summed E-state index contributed by atoms with van der Waals surface area (Å²) in [5.74, 6) is 1.66. The fourth-order valence-electron chi connectivity index (χ4n) is 3.09. The van der Waals surface area contributed by atoms with E-state index in [2.05, 4.69) is 9.89 Å². The molecule has 0 atom stereocenters. The average molecular weight is 402 g/mol. The third-order valence-corrected chi connectivity index (χ3v) is 4.70. The van der Waals surface area contributed by atoms with Gasteiger partial charge in [0.2, 0.25) is 0 Å². The molecule has 0 amide bonds. The molecule has 0 fully saturated rings. The predicted octanol–water partition coefficient (Wildman–Crippen LogP) is 4.45. The van der Waals surface area contributed by atoms with Gasteiger partial charge in [-0.05, 0) is 79.3 Å². The molecule has 6 nitrogen and oxygen atoms in total. The van der Waals surface area contributed by atoms with Crippen LogP contribution in [0.4, 0.5) is 5.69 Å². The Morgan fingerprint density at radius 3 is 2.50 bits per heavy atom. The minimum absolute atomic E-state index is 0.416. The number of fused-ring (bicyclic) bond motifs is 1. The standard InChI is InChI=1S/C24H22N2O4/c1-26-15-19-13-20(7-12-23(19)29-16-26)25-14-17-3-8-22(9-4-17)30-24(27)18-5-10-21(28-2)11-6-18/h3-14H,15-16H2,1-2H3. The SMILES string of the molecule is COc1ccc(C(=O)Oc2ccc(C=Nc3ccc4c(c3)CN(C)CO4)cc2)cc1. The van der Waals surface area contributed by atoms with Gasteiger partial charge in [-0.2, -0.15) is 0 Å². The van der Waals surface area contributed by atoms with Crippen molar-refractivity contribution in [2.45, 2.75) is 6.54 Å². The van der Waals surface area contributed by atoms with E-state index in [0.29, 0.717) is 23.8 Å². The van der Waals surface area contributed by atoms with E-state index in [1.165, 1.54) is 0 Å². The van der Waals surface area contributed by atoms with Crippen LogP contribution in [0.25, 0.3) is 0 Å². The van der Waals surface area contributed by atoms with Crippen LogP contribution in [-0.2, 0) is 6.54 Å². The first-order valence-corrected chi connectivity index (χ1v) is 9.55. The number of hydrogen-bond acceptors (Lipinski definition) is 6. The number of rotatable bonds is 5. The van der Waals surface area contributed by atoms with Crippen LogP contribution >= 0.6 is 0 Å². The summed E-state index contributed by atoms with van der Waals surface area (Å²) in [5, 5.41) is 0. The van der Waals surface area contributed by atoms with Crippen LogP contribution in [0, 0.1) is 0 Å². The Hall–Kier alpha value is -3.64. The van der Waals surface area contributed by atoms with Crippen molar-refractivity contribution in [3.63, 3.8) is 0 Å². The van der Waals surface area contributed by atoms with E-state index in [1.54, 1.807) is 49.7 Å². The second-order valence-corrected chi connectivity index (χ2v) is 7.02. The maximum Gasteiger partial charge on any atom is 0.343 e. The molecule has 3 aromatic carbocycles. The zero-order valence-electron chi connectivity index (χ0n) is 16.9.